The van der Waals surface area contributed by atoms with Gasteiger partial charge in [0, 0.05) is 6.04 Å². The van der Waals surface area contributed by atoms with E-state index in [4.69, 9.17) is 4.74 Å². The molecule has 1 saturated carbocycles. The molecule has 1 aliphatic carbocycles. The number of carbonyl (C=O) groups excluding carboxylic acids is 1. The molecule has 4 nitrogen and oxygen atoms in total. The molecule has 1 fully saturated rings. The number of ether oxygens (including phenoxy) is 1. The van der Waals surface area contributed by atoms with Gasteiger partial charge in [0.15, 0.2) is 6.10 Å². The molecule has 2 atom stereocenters. The average molecular weight is 249 g/mol. The van der Waals surface area contributed by atoms with Crippen LogP contribution >= 0.6 is 0 Å². The predicted molar refractivity (Wildman–Crippen MR) is 68.3 cm³/mol. The average Bonchev–Trinajstić information content (AvgIpc) is 3.13. The quantitative estimate of drug-likeness (QED) is 0.836. The Labute approximate surface area is 107 Å². The molecular formula is C14H19NO3. The van der Waals surface area contributed by atoms with Crippen LogP contribution in [0.2, 0.25) is 0 Å². The molecule has 2 unspecified atom stereocenters. The molecule has 0 spiro atoms. The smallest absolute Gasteiger partial charge is 0.260 e. The van der Waals surface area contributed by atoms with Gasteiger partial charge in [0.05, 0.1) is 6.10 Å². The fraction of sp³-hybridized carbons (Fsp3) is 0.500. The van der Waals surface area contributed by atoms with Gasteiger partial charge in [0.2, 0.25) is 0 Å². The fourth-order valence-corrected chi connectivity index (χ4v) is 1.63. The van der Waals surface area contributed by atoms with Crippen molar-refractivity contribution in [3.63, 3.8) is 0 Å². The fourth-order valence-electron chi connectivity index (χ4n) is 1.63. The van der Waals surface area contributed by atoms with E-state index in [-0.39, 0.29) is 5.91 Å². The van der Waals surface area contributed by atoms with E-state index >= 15 is 0 Å². The number of aliphatic hydroxyl groups is 1. The third kappa shape index (κ3) is 3.47. The van der Waals surface area contributed by atoms with Gasteiger partial charge in [-0.25, -0.2) is 0 Å². The maximum Gasteiger partial charge on any atom is 0.260 e. The number of rotatable bonds is 5. The van der Waals surface area contributed by atoms with Crippen LogP contribution in [-0.2, 0) is 4.79 Å². The molecule has 18 heavy (non-hydrogen) atoms. The topological polar surface area (TPSA) is 58.6 Å². The first-order valence-corrected chi connectivity index (χ1v) is 6.31. The number of aliphatic hydroxyl groups excluding tert-OH is 1. The van der Waals surface area contributed by atoms with E-state index < -0.39 is 12.2 Å². The van der Waals surface area contributed by atoms with Crippen LogP contribution in [0.4, 0.5) is 0 Å². The van der Waals surface area contributed by atoms with E-state index in [1.54, 1.807) is 38.1 Å². The molecule has 98 valence electrons. The second kappa shape index (κ2) is 5.40. The Hall–Kier alpha value is -1.55. The molecule has 0 aromatic heterocycles. The molecule has 1 amide bonds. The van der Waals surface area contributed by atoms with E-state index in [0.717, 1.165) is 18.4 Å². The molecule has 2 rings (SSSR count). The lowest BCUT2D eigenvalue weighted by Crippen LogP contribution is -2.37. The first kappa shape index (κ1) is 12.9. The first-order chi connectivity index (χ1) is 8.56. The van der Waals surface area contributed by atoms with Gasteiger partial charge >= 0.3 is 0 Å². The summed E-state index contributed by atoms with van der Waals surface area (Å²) in [6, 6.07) is 7.48. The first-order valence-electron chi connectivity index (χ1n) is 6.31. The maximum atomic E-state index is 11.7. The second-order valence-corrected chi connectivity index (χ2v) is 4.79. The zero-order chi connectivity index (χ0) is 13.1. The predicted octanol–water partition coefficient (Wildman–Crippen LogP) is 1.79. The minimum atomic E-state index is -0.497. The largest absolute Gasteiger partial charge is 0.481 e. The molecule has 1 aromatic carbocycles. The Balaban J connectivity index is 1.89. The minimum Gasteiger partial charge on any atom is -0.481 e. The SMILES string of the molecule is CC(Oc1ccc(C(C)O)cc1)C(=O)NC1CC1. The van der Waals surface area contributed by atoms with Crippen LogP contribution in [0.3, 0.4) is 0 Å². The van der Waals surface area contributed by atoms with Crippen molar-refractivity contribution >= 4 is 5.91 Å². The van der Waals surface area contributed by atoms with Gasteiger partial charge in [0.1, 0.15) is 5.75 Å². The van der Waals surface area contributed by atoms with Gasteiger partial charge in [-0.15, -0.1) is 0 Å². The zero-order valence-corrected chi connectivity index (χ0v) is 10.7. The lowest BCUT2D eigenvalue weighted by molar-refractivity contribution is -0.127. The summed E-state index contributed by atoms with van der Waals surface area (Å²) in [7, 11) is 0. The van der Waals surface area contributed by atoms with Gasteiger partial charge in [-0.1, -0.05) is 12.1 Å². The van der Waals surface area contributed by atoms with E-state index in [1.807, 2.05) is 0 Å². The van der Waals surface area contributed by atoms with Crippen LogP contribution in [0, 0.1) is 0 Å². The lowest BCUT2D eigenvalue weighted by atomic mass is 10.1. The maximum absolute atomic E-state index is 11.7. The summed E-state index contributed by atoms with van der Waals surface area (Å²) < 4.78 is 5.55. The van der Waals surface area contributed by atoms with Gasteiger partial charge < -0.3 is 15.2 Å². The standard InChI is InChI=1S/C14H19NO3/c1-9(16)11-3-7-13(8-4-11)18-10(2)14(17)15-12-5-6-12/h3-4,7-10,12,16H,5-6H2,1-2H3,(H,15,17). The number of carbonyl (C=O) groups is 1. The van der Waals surface area contributed by atoms with E-state index in [2.05, 4.69) is 5.32 Å². The van der Waals surface area contributed by atoms with Crippen molar-refractivity contribution < 1.29 is 14.6 Å². The van der Waals surface area contributed by atoms with Crippen molar-refractivity contribution in [1.29, 1.82) is 0 Å². The Bertz CT molecular complexity index is 410. The lowest BCUT2D eigenvalue weighted by Gasteiger charge is -2.15. The number of benzene rings is 1. The van der Waals surface area contributed by atoms with Crippen LogP contribution < -0.4 is 10.1 Å². The number of nitrogens with one attached hydrogen (secondary N) is 1. The highest BCUT2D eigenvalue weighted by Crippen LogP contribution is 2.20. The Kier molecular flexibility index (Phi) is 3.87. The van der Waals surface area contributed by atoms with Crippen LogP contribution in [-0.4, -0.2) is 23.2 Å². The highest BCUT2D eigenvalue weighted by molar-refractivity contribution is 5.81. The third-order valence-electron chi connectivity index (χ3n) is 2.97. The Morgan fingerprint density at radius 1 is 1.33 bits per heavy atom. The van der Waals surface area contributed by atoms with Crippen LogP contribution in [0.5, 0.6) is 5.75 Å². The number of hydrogen-bond donors (Lipinski definition) is 2. The summed E-state index contributed by atoms with van der Waals surface area (Å²) in [6.07, 6.45) is 1.15. The van der Waals surface area contributed by atoms with Crippen molar-refractivity contribution in [3.05, 3.63) is 29.8 Å². The van der Waals surface area contributed by atoms with Crippen molar-refractivity contribution in [2.45, 2.75) is 44.9 Å². The number of hydrogen-bond acceptors (Lipinski definition) is 3. The number of amides is 1. The van der Waals surface area contributed by atoms with E-state index in [0.29, 0.717) is 11.8 Å². The van der Waals surface area contributed by atoms with E-state index in [9.17, 15) is 9.90 Å². The van der Waals surface area contributed by atoms with Crippen molar-refractivity contribution in [3.8, 4) is 5.75 Å². The van der Waals surface area contributed by atoms with Crippen LogP contribution in [0.25, 0.3) is 0 Å². The molecule has 1 aliphatic rings. The molecule has 0 radical (unpaired) electrons. The van der Waals surface area contributed by atoms with Crippen LogP contribution in [0.1, 0.15) is 38.4 Å². The molecule has 0 saturated heterocycles. The molecular weight excluding hydrogens is 230 g/mol. The Morgan fingerprint density at radius 2 is 1.94 bits per heavy atom. The molecule has 0 bridgehead atoms. The third-order valence-corrected chi connectivity index (χ3v) is 2.97. The van der Waals surface area contributed by atoms with Gasteiger partial charge in [-0.3, -0.25) is 4.79 Å². The van der Waals surface area contributed by atoms with Gasteiger partial charge in [-0.05, 0) is 44.4 Å². The minimum absolute atomic E-state index is 0.0721. The molecule has 4 heteroatoms. The highest BCUT2D eigenvalue weighted by atomic mass is 16.5. The highest BCUT2D eigenvalue weighted by Gasteiger charge is 2.26. The zero-order valence-electron chi connectivity index (χ0n) is 10.7. The van der Waals surface area contributed by atoms with Crippen molar-refractivity contribution in [2.75, 3.05) is 0 Å². The molecule has 0 heterocycles. The van der Waals surface area contributed by atoms with Crippen molar-refractivity contribution in [2.24, 2.45) is 0 Å². The summed E-state index contributed by atoms with van der Waals surface area (Å²) in [5.41, 5.74) is 0.831. The second-order valence-electron chi connectivity index (χ2n) is 4.79. The summed E-state index contributed by atoms with van der Waals surface area (Å²) >= 11 is 0. The normalized spacial score (nSPS) is 17.9. The monoisotopic (exact) mass is 249 g/mol. The summed E-state index contributed by atoms with van der Waals surface area (Å²) in [5.74, 6) is 0.565. The van der Waals surface area contributed by atoms with E-state index in [1.165, 1.54) is 0 Å². The van der Waals surface area contributed by atoms with Gasteiger partial charge in [0.25, 0.3) is 5.91 Å². The van der Waals surface area contributed by atoms with Crippen LogP contribution in [0.15, 0.2) is 24.3 Å². The molecule has 1 aromatic rings. The summed E-state index contributed by atoms with van der Waals surface area (Å²) in [6.45, 7) is 3.45. The molecule has 0 aliphatic heterocycles. The Morgan fingerprint density at radius 3 is 2.44 bits per heavy atom. The molecule has 2 N–H and O–H groups in total. The van der Waals surface area contributed by atoms with Gasteiger partial charge in [-0.2, -0.15) is 0 Å². The van der Waals surface area contributed by atoms with Crippen molar-refractivity contribution in [1.82, 2.24) is 5.32 Å². The summed E-state index contributed by atoms with van der Waals surface area (Å²) in [5, 5.41) is 12.3. The summed E-state index contributed by atoms with van der Waals surface area (Å²) in [4.78, 5) is 11.7.